The summed E-state index contributed by atoms with van der Waals surface area (Å²) < 4.78 is 5.74. The highest BCUT2D eigenvalue weighted by Gasteiger charge is 2.34. The second-order valence-corrected chi connectivity index (χ2v) is 4.33. The number of ether oxygens (including phenoxy) is 1. The van der Waals surface area contributed by atoms with E-state index in [0.29, 0.717) is 12.3 Å². The van der Waals surface area contributed by atoms with Crippen LogP contribution in [0.1, 0.15) is 25.7 Å². The molecule has 2 heteroatoms. The molecule has 0 aromatic rings. The Kier molecular flexibility index (Phi) is 1.92. The Morgan fingerprint density at radius 1 is 1.40 bits per heavy atom. The fraction of sp³-hybridized carbons (Fsp3) is 0.462. The van der Waals surface area contributed by atoms with Gasteiger partial charge in [-0.25, -0.2) is 0 Å². The smallest absolute Gasteiger partial charge is 0.107 e. The van der Waals surface area contributed by atoms with E-state index in [9.17, 15) is 0 Å². The van der Waals surface area contributed by atoms with Crippen molar-refractivity contribution in [1.82, 2.24) is 0 Å². The first kappa shape index (κ1) is 8.79. The molecule has 3 aliphatic rings. The molecule has 0 aromatic carbocycles. The average molecular weight is 199 g/mol. The number of fused-ring (bicyclic) bond motifs is 2. The van der Waals surface area contributed by atoms with Crippen LogP contribution >= 0.6 is 0 Å². The SMILES string of the molecule is N#CCC1=CC=C2CCC3CCOC3=C12. The van der Waals surface area contributed by atoms with Gasteiger partial charge in [0.2, 0.25) is 0 Å². The highest BCUT2D eigenvalue weighted by molar-refractivity contribution is 5.58. The summed E-state index contributed by atoms with van der Waals surface area (Å²) in [6.07, 6.45) is 8.29. The molecule has 1 aliphatic heterocycles. The van der Waals surface area contributed by atoms with Gasteiger partial charge in [0.1, 0.15) is 5.76 Å². The molecule has 0 bridgehead atoms. The minimum absolute atomic E-state index is 0.509. The third-order valence-corrected chi connectivity index (χ3v) is 3.50. The summed E-state index contributed by atoms with van der Waals surface area (Å²) in [6, 6.07) is 2.23. The van der Waals surface area contributed by atoms with Gasteiger partial charge in [0, 0.05) is 11.5 Å². The zero-order chi connectivity index (χ0) is 10.3. The molecule has 0 saturated carbocycles. The number of rotatable bonds is 1. The summed E-state index contributed by atoms with van der Waals surface area (Å²) in [7, 11) is 0. The maximum absolute atomic E-state index is 8.78. The lowest BCUT2D eigenvalue weighted by Crippen LogP contribution is -2.10. The summed E-state index contributed by atoms with van der Waals surface area (Å²) in [4.78, 5) is 0. The molecule has 0 spiro atoms. The molecule has 0 N–H and O–H groups in total. The van der Waals surface area contributed by atoms with Gasteiger partial charge in [0.25, 0.3) is 0 Å². The first-order valence-electron chi connectivity index (χ1n) is 5.54. The van der Waals surface area contributed by atoms with Gasteiger partial charge in [0.15, 0.2) is 0 Å². The molecular formula is C13H13NO. The lowest BCUT2D eigenvalue weighted by atomic mass is 9.83. The highest BCUT2D eigenvalue weighted by Crippen LogP contribution is 2.45. The molecule has 0 aromatic heterocycles. The van der Waals surface area contributed by atoms with E-state index in [4.69, 9.17) is 10.00 Å². The quantitative estimate of drug-likeness (QED) is 0.650. The van der Waals surface area contributed by atoms with Crippen molar-refractivity contribution in [2.75, 3.05) is 6.61 Å². The van der Waals surface area contributed by atoms with Crippen LogP contribution in [-0.4, -0.2) is 6.61 Å². The van der Waals surface area contributed by atoms with Crippen LogP contribution in [0.2, 0.25) is 0 Å². The summed E-state index contributed by atoms with van der Waals surface area (Å²) in [6.45, 7) is 0.858. The summed E-state index contributed by atoms with van der Waals surface area (Å²) >= 11 is 0. The first-order valence-corrected chi connectivity index (χ1v) is 5.54. The Morgan fingerprint density at radius 3 is 3.20 bits per heavy atom. The molecule has 76 valence electrons. The molecule has 1 heterocycles. The van der Waals surface area contributed by atoms with Crippen LogP contribution in [0.3, 0.4) is 0 Å². The summed E-state index contributed by atoms with van der Waals surface area (Å²) in [5, 5.41) is 8.78. The van der Waals surface area contributed by atoms with Gasteiger partial charge >= 0.3 is 0 Å². The third kappa shape index (κ3) is 1.23. The van der Waals surface area contributed by atoms with Gasteiger partial charge in [-0.15, -0.1) is 0 Å². The Bertz CT molecular complexity index is 434. The predicted molar refractivity (Wildman–Crippen MR) is 56.7 cm³/mol. The van der Waals surface area contributed by atoms with Gasteiger partial charge in [-0.1, -0.05) is 12.2 Å². The second kappa shape index (κ2) is 3.27. The normalized spacial score (nSPS) is 27.5. The molecule has 1 unspecified atom stereocenters. The van der Waals surface area contributed by atoms with Crippen LogP contribution in [-0.2, 0) is 4.74 Å². The number of allylic oxidation sites excluding steroid dienone is 6. The first-order chi connectivity index (χ1) is 7.40. The second-order valence-electron chi connectivity index (χ2n) is 4.33. The molecule has 3 rings (SSSR count). The topological polar surface area (TPSA) is 33.0 Å². The highest BCUT2D eigenvalue weighted by atomic mass is 16.5. The molecular weight excluding hydrogens is 186 g/mol. The van der Waals surface area contributed by atoms with E-state index in [0.717, 1.165) is 25.0 Å². The van der Waals surface area contributed by atoms with Crippen molar-refractivity contribution < 1.29 is 4.74 Å². The molecule has 2 nitrogen and oxygen atoms in total. The Hall–Kier alpha value is -1.49. The Balaban J connectivity index is 2.04. The molecule has 15 heavy (non-hydrogen) atoms. The van der Waals surface area contributed by atoms with E-state index in [1.165, 1.54) is 23.3 Å². The van der Waals surface area contributed by atoms with Crippen molar-refractivity contribution in [3.63, 3.8) is 0 Å². The van der Waals surface area contributed by atoms with E-state index < -0.39 is 0 Å². The minimum atomic E-state index is 0.509. The monoisotopic (exact) mass is 199 g/mol. The number of hydrogen-bond donors (Lipinski definition) is 0. The number of hydrogen-bond acceptors (Lipinski definition) is 2. The van der Waals surface area contributed by atoms with E-state index in [-0.39, 0.29) is 0 Å². The van der Waals surface area contributed by atoms with Gasteiger partial charge in [-0.2, -0.15) is 5.26 Å². The fourth-order valence-electron chi connectivity index (χ4n) is 2.77. The van der Waals surface area contributed by atoms with E-state index >= 15 is 0 Å². The van der Waals surface area contributed by atoms with Crippen LogP contribution in [0.5, 0.6) is 0 Å². The van der Waals surface area contributed by atoms with E-state index in [1.54, 1.807) is 0 Å². The van der Waals surface area contributed by atoms with Gasteiger partial charge < -0.3 is 4.74 Å². The van der Waals surface area contributed by atoms with Gasteiger partial charge in [-0.05, 0) is 30.4 Å². The van der Waals surface area contributed by atoms with Crippen molar-refractivity contribution >= 4 is 0 Å². The Morgan fingerprint density at radius 2 is 2.33 bits per heavy atom. The Labute approximate surface area is 89.5 Å². The standard InChI is InChI=1S/C13H13NO/c14-7-5-10-2-1-9-3-4-11-6-8-15-13(11)12(9)10/h1-2,11H,3-6,8H2. The van der Waals surface area contributed by atoms with Crippen LogP contribution in [0.4, 0.5) is 0 Å². The maximum atomic E-state index is 8.78. The predicted octanol–water partition coefficient (Wildman–Crippen LogP) is 2.85. The lowest BCUT2D eigenvalue weighted by molar-refractivity contribution is 0.253. The van der Waals surface area contributed by atoms with Gasteiger partial charge in [0.05, 0.1) is 19.1 Å². The van der Waals surface area contributed by atoms with Gasteiger partial charge in [-0.3, -0.25) is 0 Å². The van der Waals surface area contributed by atoms with Crippen molar-refractivity contribution in [2.24, 2.45) is 5.92 Å². The lowest BCUT2D eigenvalue weighted by Gasteiger charge is -2.22. The average Bonchev–Trinajstić information content (AvgIpc) is 2.83. The molecule has 1 atom stereocenters. The van der Waals surface area contributed by atoms with E-state index in [2.05, 4.69) is 18.2 Å². The van der Waals surface area contributed by atoms with E-state index in [1.807, 2.05) is 0 Å². The van der Waals surface area contributed by atoms with Crippen LogP contribution < -0.4 is 0 Å². The largest absolute Gasteiger partial charge is 0.497 e. The summed E-state index contributed by atoms with van der Waals surface area (Å²) in [5.41, 5.74) is 3.81. The molecule has 0 radical (unpaired) electrons. The van der Waals surface area contributed by atoms with Crippen molar-refractivity contribution in [3.8, 4) is 6.07 Å². The maximum Gasteiger partial charge on any atom is 0.107 e. The van der Waals surface area contributed by atoms with Crippen LogP contribution in [0.15, 0.2) is 34.6 Å². The number of nitriles is 1. The van der Waals surface area contributed by atoms with Crippen LogP contribution in [0, 0.1) is 17.2 Å². The minimum Gasteiger partial charge on any atom is -0.497 e. The van der Waals surface area contributed by atoms with Crippen molar-refractivity contribution in [1.29, 1.82) is 5.26 Å². The van der Waals surface area contributed by atoms with Crippen molar-refractivity contribution in [3.05, 3.63) is 34.6 Å². The zero-order valence-corrected chi connectivity index (χ0v) is 8.62. The molecule has 1 saturated heterocycles. The molecule has 0 amide bonds. The third-order valence-electron chi connectivity index (χ3n) is 3.50. The fourth-order valence-corrected chi connectivity index (χ4v) is 2.77. The van der Waals surface area contributed by atoms with Crippen LogP contribution in [0.25, 0.3) is 0 Å². The summed E-state index contributed by atoms with van der Waals surface area (Å²) in [5.74, 6) is 1.80. The number of nitrogens with zero attached hydrogens (tertiary/aromatic N) is 1. The van der Waals surface area contributed by atoms with Crippen molar-refractivity contribution in [2.45, 2.75) is 25.7 Å². The zero-order valence-electron chi connectivity index (χ0n) is 8.62. The molecule has 2 aliphatic carbocycles. The molecule has 1 fully saturated rings.